The van der Waals surface area contributed by atoms with E-state index in [0.717, 1.165) is 52.0 Å². The molecule has 0 saturated carbocycles. The van der Waals surface area contributed by atoms with E-state index in [1.54, 1.807) is 11.8 Å². The predicted molar refractivity (Wildman–Crippen MR) is 170 cm³/mol. The van der Waals surface area contributed by atoms with Gasteiger partial charge in [0.1, 0.15) is 5.75 Å². The molecule has 0 amide bonds. The van der Waals surface area contributed by atoms with Gasteiger partial charge in [0.2, 0.25) is 5.78 Å². The largest absolute Gasteiger partial charge is 0.494 e. The van der Waals surface area contributed by atoms with Crippen LogP contribution in [0.15, 0.2) is 52.3 Å². The number of hydrogen-bond donors (Lipinski definition) is 0. The highest BCUT2D eigenvalue weighted by Gasteiger charge is 2.26. The van der Waals surface area contributed by atoms with Crippen molar-refractivity contribution in [3.8, 4) is 5.75 Å². The second-order valence-electron chi connectivity index (χ2n) is 11.7. The summed E-state index contributed by atoms with van der Waals surface area (Å²) in [6.45, 7) is 7.61. The van der Waals surface area contributed by atoms with Crippen LogP contribution in [-0.4, -0.2) is 12.4 Å². The van der Waals surface area contributed by atoms with Crippen molar-refractivity contribution in [1.82, 2.24) is 0 Å². The third kappa shape index (κ3) is 12.0. The zero-order valence-electron chi connectivity index (χ0n) is 24.9. The van der Waals surface area contributed by atoms with Gasteiger partial charge in [-0.2, -0.15) is 0 Å². The van der Waals surface area contributed by atoms with E-state index in [2.05, 4.69) is 45.0 Å². The summed E-state index contributed by atoms with van der Waals surface area (Å²) in [7, 11) is 0. The standard InChI is InChI=1S/C36H52O2S/c1-4-5-6-7-8-9-10-11-12-13-14-17-26-38-32-24-25-33-34(28-32)39-35(36(33)37)27-31-22-20-30(21-23-31)19-16-15-18-29(2)3/h20-25,27-29H,4-19,26H2,1-3H3. The molecule has 0 N–H and O–H groups in total. The Morgan fingerprint density at radius 1 is 0.769 bits per heavy atom. The topological polar surface area (TPSA) is 26.3 Å². The number of unbranched alkanes of at least 4 members (excludes halogenated alkanes) is 12. The van der Waals surface area contributed by atoms with Crippen molar-refractivity contribution in [2.24, 2.45) is 5.92 Å². The Morgan fingerprint density at radius 2 is 1.41 bits per heavy atom. The first-order valence-corrected chi connectivity index (χ1v) is 16.7. The van der Waals surface area contributed by atoms with Gasteiger partial charge in [0.25, 0.3) is 0 Å². The predicted octanol–water partition coefficient (Wildman–Crippen LogP) is 11.5. The molecule has 1 aliphatic rings. The second-order valence-corrected chi connectivity index (χ2v) is 12.8. The maximum absolute atomic E-state index is 13.0. The molecule has 2 aromatic rings. The molecular formula is C36H52O2S. The van der Waals surface area contributed by atoms with Gasteiger partial charge in [-0.1, -0.05) is 140 Å². The molecule has 3 rings (SSSR count). The summed E-state index contributed by atoms with van der Waals surface area (Å²) in [5.41, 5.74) is 3.27. The third-order valence-corrected chi connectivity index (χ3v) is 8.76. The molecule has 0 saturated heterocycles. The molecule has 0 atom stereocenters. The average Bonchev–Trinajstić information content (AvgIpc) is 3.24. The number of hydrogen-bond acceptors (Lipinski definition) is 3. The molecule has 0 spiro atoms. The van der Waals surface area contributed by atoms with Gasteiger partial charge >= 0.3 is 0 Å². The first-order chi connectivity index (χ1) is 19.1. The lowest BCUT2D eigenvalue weighted by Crippen LogP contribution is -1.98. The van der Waals surface area contributed by atoms with Gasteiger partial charge < -0.3 is 4.74 Å². The average molecular weight is 549 g/mol. The first-order valence-electron chi connectivity index (χ1n) is 15.9. The maximum Gasteiger partial charge on any atom is 0.200 e. The monoisotopic (exact) mass is 548 g/mol. The van der Waals surface area contributed by atoms with Crippen molar-refractivity contribution < 1.29 is 9.53 Å². The minimum absolute atomic E-state index is 0.125. The molecule has 0 bridgehead atoms. The van der Waals surface area contributed by atoms with Crippen LogP contribution < -0.4 is 4.74 Å². The summed E-state index contributed by atoms with van der Waals surface area (Å²) < 4.78 is 6.03. The smallest absolute Gasteiger partial charge is 0.200 e. The number of aryl methyl sites for hydroxylation is 1. The van der Waals surface area contributed by atoms with Gasteiger partial charge in [-0.25, -0.2) is 0 Å². The van der Waals surface area contributed by atoms with E-state index in [-0.39, 0.29) is 5.78 Å². The molecule has 2 aromatic carbocycles. The SMILES string of the molecule is CCCCCCCCCCCCCCOc1ccc2c(c1)SC(=Cc1ccc(CCCCC(C)C)cc1)C2=O. The van der Waals surface area contributed by atoms with Crippen molar-refractivity contribution in [3.05, 3.63) is 64.1 Å². The van der Waals surface area contributed by atoms with Crippen molar-refractivity contribution in [2.75, 3.05) is 6.61 Å². The number of carbonyl (C=O) groups is 1. The first kappa shape index (κ1) is 31.5. The Balaban J connectivity index is 1.33. The molecule has 1 aliphatic heterocycles. The van der Waals surface area contributed by atoms with Gasteiger partial charge in [-0.05, 0) is 60.6 Å². The molecule has 0 aromatic heterocycles. The highest BCUT2D eigenvalue weighted by atomic mass is 32.2. The fraction of sp³-hybridized carbons (Fsp3) is 0.583. The fourth-order valence-electron chi connectivity index (χ4n) is 5.20. The van der Waals surface area contributed by atoms with Gasteiger partial charge in [0.15, 0.2) is 0 Å². The van der Waals surface area contributed by atoms with Gasteiger partial charge in [-0.3, -0.25) is 4.79 Å². The zero-order chi connectivity index (χ0) is 27.7. The van der Waals surface area contributed by atoms with E-state index >= 15 is 0 Å². The van der Waals surface area contributed by atoms with Crippen LogP contribution in [0.4, 0.5) is 0 Å². The van der Waals surface area contributed by atoms with Crippen LogP contribution in [0.5, 0.6) is 5.75 Å². The van der Waals surface area contributed by atoms with Crippen LogP contribution in [0.1, 0.15) is 139 Å². The summed E-state index contributed by atoms with van der Waals surface area (Å²) in [6.07, 6.45) is 23.2. The Labute approximate surface area is 243 Å². The van der Waals surface area contributed by atoms with E-state index in [1.807, 2.05) is 24.3 Å². The number of rotatable bonds is 20. The summed E-state index contributed by atoms with van der Waals surface area (Å²) in [6, 6.07) is 14.6. The highest BCUT2D eigenvalue weighted by molar-refractivity contribution is 8.04. The Bertz CT molecular complexity index is 1010. The maximum atomic E-state index is 13.0. The van der Waals surface area contributed by atoms with Crippen LogP contribution in [0, 0.1) is 5.92 Å². The Hall–Kier alpha value is -2.00. The summed E-state index contributed by atoms with van der Waals surface area (Å²) in [5.74, 6) is 1.78. The summed E-state index contributed by atoms with van der Waals surface area (Å²) in [4.78, 5) is 14.8. The highest BCUT2D eigenvalue weighted by Crippen LogP contribution is 2.42. The number of benzene rings is 2. The lowest BCUT2D eigenvalue weighted by Gasteiger charge is -2.07. The molecule has 0 aliphatic carbocycles. The third-order valence-electron chi connectivity index (χ3n) is 7.68. The normalized spacial score (nSPS) is 13.9. The van der Waals surface area contributed by atoms with Crippen LogP contribution in [-0.2, 0) is 6.42 Å². The van der Waals surface area contributed by atoms with Crippen molar-refractivity contribution in [3.63, 3.8) is 0 Å². The number of ketones is 1. The molecule has 0 fully saturated rings. The van der Waals surface area contributed by atoms with Crippen LogP contribution in [0.3, 0.4) is 0 Å². The Kier molecular flexibility index (Phi) is 14.8. The molecule has 0 unspecified atom stereocenters. The number of fused-ring (bicyclic) bond motifs is 1. The molecule has 0 radical (unpaired) electrons. The lowest BCUT2D eigenvalue weighted by atomic mass is 10.0. The van der Waals surface area contributed by atoms with Gasteiger partial charge in [0, 0.05) is 10.5 Å². The molecule has 2 nitrogen and oxygen atoms in total. The van der Waals surface area contributed by atoms with Crippen LogP contribution in [0.2, 0.25) is 0 Å². The van der Waals surface area contributed by atoms with Crippen molar-refractivity contribution in [1.29, 1.82) is 0 Å². The number of allylic oxidation sites excluding steroid dienone is 1. The fourth-order valence-corrected chi connectivity index (χ4v) is 6.28. The van der Waals surface area contributed by atoms with E-state index < -0.39 is 0 Å². The van der Waals surface area contributed by atoms with Crippen LogP contribution >= 0.6 is 11.8 Å². The molecule has 3 heteroatoms. The Morgan fingerprint density at radius 3 is 2.05 bits per heavy atom. The second kappa shape index (κ2) is 18.4. The number of thioether (sulfide) groups is 1. The van der Waals surface area contributed by atoms with Crippen molar-refractivity contribution >= 4 is 23.6 Å². The molecule has 214 valence electrons. The van der Waals surface area contributed by atoms with E-state index in [4.69, 9.17) is 4.74 Å². The molecule has 1 heterocycles. The van der Waals surface area contributed by atoms with Crippen LogP contribution in [0.25, 0.3) is 6.08 Å². The van der Waals surface area contributed by atoms with E-state index in [1.165, 1.54) is 95.5 Å². The molecular weight excluding hydrogens is 496 g/mol. The lowest BCUT2D eigenvalue weighted by molar-refractivity contribution is 0.104. The van der Waals surface area contributed by atoms with Gasteiger partial charge in [0.05, 0.1) is 11.5 Å². The zero-order valence-corrected chi connectivity index (χ0v) is 25.8. The molecule has 39 heavy (non-hydrogen) atoms. The van der Waals surface area contributed by atoms with E-state index in [9.17, 15) is 4.79 Å². The van der Waals surface area contributed by atoms with Crippen molar-refractivity contribution in [2.45, 2.75) is 128 Å². The minimum Gasteiger partial charge on any atom is -0.494 e. The summed E-state index contributed by atoms with van der Waals surface area (Å²) in [5, 5.41) is 0. The van der Waals surface area contributed by atoms with Gasteiger partial charge in [-0.15, -0.1) is 0 Å². The number of Topliss-reactive ketones (excluding diaryl/α,β-unsaturated/α-hetero) is 1. The minimum atomic E-state index is 0.125. The number of ether oxygens (including phenoxy) is 1. The summed E-state index contributed by atoms with van der Waals surface area (Å²) >= 11 is 1.57. The number of carbonyl (C=O) groups excluding carboxylic acids is 1. The quantitative estimate of drug-likeness (QED) is 0.122. The van der Waals surface area contributed by atoms with E-state index in [0.29, 0.717) is 0 Å².